The van der Waals surface area contributed by atoms with Crippen molar-refractivity contribution in [1.29, 1.82) is 0 Å². The van der Waals surface area contributed by atoms with Gasteiger partial charge in [-0.05, 0) is 69.9 Å². The molecule has 0 unspecified atom stereocenters. The Labute approximate surface area is 166 Å². The molecular formula is C21H29N3O2S. The Morgan fingerprint density at radius 1 is 1.30 bits per heavy atom. The first-order valence-electron chi connectivity index (χ1n) is 9.58. The molecule has 2 heterocycles. The highest BCUT2D eigenvalue weighted by Crippen LogP contribution is 2.20. The average Bonchev–Trinajstić information content (AvgIpc) is 3.13. The minimum atomic E-state index is 0.0618. The quantitative estimate of drug-likeness (QED) is 0.730. The largest absolute Gasteiger partial charge is 0.497 e. The second-order valence-corrected chi connectivity index (χ2v) is 8.41. The van der Waals surface area contributed by atoms with Crippen LogP contribution in [0, 0.1) is 12.8 Å². The van der Waals surface area contributed by atoms with Crippen molar-refractivity contribution in [3.63, 3.8) is 0 Å². The molecule has 0 spiro atoms. The van der Waals surface area contributed by atoms with E-state index < -0.39 is 0 Å². The van der Waals surface area contributed by atoms with Crippen LogP contribution in [0.15, 0.2) is 29.6 Å². The van der Waals surface area contributed by atoms with Crippen molar-refractivity contribution in [2.75, 3.05) is 40.3 Å². The van der Waals surface area contributed by atoms with Crippen LogP contribution in [0.2, 0.25) is 0 Å². The Balaban J connectivity index is 1.67. The number of carbonyl (C=O) groups excluding carboxylic acids is 1. The van der Waals surface area contributed by atoms with Crippen LogP contribution in [0.5, 0.6) is 5.75 Å². The number of aryl methyl sites for hydroxylation is 1. The molecule has 0 bridgehead atoms. The lowest BCUT2D eigenvalue weighted by molar-refractivity contribution is 0.0695. The summed E-state index contributed by atoms with van der Waals surface area (Å²) in [6.45, 7) is 5.70. The smallest absolute Gasteiger partial charge is 0.273 e. The lowest BCUT2D eigenvalue weighted by atomic mass is 9.96. The van der Waals surface area contributed by atoms with Crippen LogP contribution in [0.3, 0.4) is 0 Å². The molecule has 27 heavy (non-hydrogen) atoms. The van der Waals surface area contributed by atoms with Gasteiger partial charge in [-0.15, -0.1) is 11.3 Å². The normalized spacial score (nSPS) is 15.7. The number of amides is 1. The molecule has 3 rings (SSSR count). The number of carbonyl (C=O) groups is 1. The molecular weight excluding hydrogens is 358 g/mol. The summed E-state index contributed by atoms with van der Waals surface area (Å²) >= 11 is 1.54. The van der Waals surface area contributed by atoms with Gasteiger partial charge in [0.1, 0.15) is 11.4 Å². The van der Waals surface area contributed by atoms with Crippen LogP contribution in [0.4, 0.5) is 0 Å². The standard InChI is InChI=1S/C21H29N3O2S/c1-16-22-20(15-27-16)21(25)24(14-18-8-11-23(2)12-9-18)13-10-17-4-6-19(26-3)7-5-17/h4-7,15,18H,8-14H2,1-3H3. The molecule has 1 saturated heterocycles. The third-order valence-electron chi connectivity index (χ3n) is 5.27. The molecule has 1 amide bonds. The lowest BCUT2D eigenvalue weighted by Gasteiger charge is -2.33. The predicted octanol–water partition coefficient (Wildman–Crippen LogP) is 3.49. The number of piperidine rings is 1. The lowest BCUT2D eigenvalue weighted by Crippen LogP contribution is -2.41. The molecule has 1 aliphatic heterocycles. The third-order valence-corrected chi connectivity index (χ3v) is 6.05. The Morgan fingerprint density at radius 3 is 2.59 bits per heavy atom. The summed E-state index contributed by atoms with van der Waals surface area (Å²) < 4.78 is 5.23. The molecule has 1 aromatic carbocycles. The highest BCUT2D eigenvalue weighted by molar-refractivity contribution is 7.09. The van der Waals surface area contributed by atoms with E-state index in [1.54, 1.807) is 7.11 Å². The zero-order valence-corrected chi connectivity index (χ0v) is 17.3. The van der Waals surface area contributed by atoms with Gasteiger partial charge in [-0.3, -0.25) is 4.79 Å². The molecule has 6 heteroatoms. The molecule has 1 aliphatic rings. The molecule has 0 radical (unpaired) electrons. The summed E-state index contributed by atoms with van der Waals surface area (Å²) in [6.07, 6.45) is 3.14. The van der Waals surface area contributed by atoms with Gasteiger partial charge in [-0.25, -0.2) is 4.98 Å². The maximum Gasteiger partial charge on any atom is 0.273 e. The van der Waals surface area contributed by atoms with E-state index in [4.69, 9.17) is 4.74 Å². The molecule has 0 aliphatic carbocycles. The average molecular weight is 388 g/mol. The Bertz CT molecular complexity index is 736. The first-order valence-corrected chi connectivity index (χ1v) is 10.5. The van der Waals surface area contributed by atoms with Crippen molar-refractivity contribution in [2.24, 2.45) is 5.92 Å². The summed E-state index contributed by atoms with van der Waals surface area (Å²) in [5, 5.41) is 2.82. The zero-order valence-electron chi connectivity index (χ0n) is 16.5. The van der Waals surface area contributed by atoms with Crippen molar-refractivity contribution < 1.29 is 9.53 Å². The molecule has 2 aromatic rings. The number of methoxy groups -OCH3 is 1. The highest BCUT2D eigenvalue weighted by atomic mass is 32.1. The van der Waals surface area contributed by atoms with Crippen molar-refractivity contribution in [1.82, 2.24) is 14.8 Å². The number of hydrogen-bond acceptors (Lipinski definition) is 5. The van der Waals surface area contributed by atoms with Crippen LogP contribution in [0.25, 0.3) is 0 Å². The van der Waals surface area contributed by atoms with Crippen molar-refractivity contribution in [3.8, 4) is 5.75 Å². The molecule has 0 N–H and O–H groups in total. The van der Waals surface area contributed by atoms with E-state index >= 15 is 0 Å². The molecule has 146 valence electrons. The minimum Gasteiger partial charge on any atom is -0.497 e. The van der Waals surface area contributed by atoms with E-state index in [0.29, 0.717) is 18.2 Å². The fourth-order valence-corrected chi connectivity index (χ4v) is 4.10. The first-order chi connectivity index (χ1) is 13.0. The minimum absolute atomic E-state index is 0.0618. The topological polar surface area (TPSA) is 45.7 Å². The number of rotatable bonds is 7. The van der Waals surface area contributed by atoms with E-state index in [0.717, 1.165) is 49.7 Å². The molecule has 0 saturated carbocycles. The summed E-state index contributed by atoms with van der Waals surface area (Å²) in [6, 6.07) is 8.10. The van der Waals surface area contributed by atoms with Gasteiger partial charge in [0.25, 0.3) is 5.91 Å². The zero-order chi connectivity index (χ0) is 19.2. The third kappa shape index (κ3) is 5.53. The van der Waals surface area contributed by atoms with E-state index in [-0.39, 0.29) is 5.91 Å². The van der Waals surface area contributed by atoms with Gasteiger partial charge in [-0.2, -0.15) is 0 Å². The number of ether oxygens (including phenoxy) is 1. The first kappa shape index (κ1) is 19.8. The van der Waals surface area contributed by atoms with Gasteiger partial charge in [0, 0.05) is 18.5 Å². The van der Waals surface area contributed by atoms with Crippen LogP contribution in [0.1, 0.15) is 33.9 Å². The Morgan fingerprint density at radius 2 is 2.00 bits per heavy atom. The Kier molecular flexibility index (Phi) is 6.85. The highest BCUT2D eigenvalue weighted by Gasteiger charge is 2.24. The molecule has 0 atom stereocenters. The van der Waals surface area contributed by atoms with Gasteiger partial charge >= 0.3 is 0 Å². The van der Waals surface area contributed by atoms with E-state index in [2.05, 4.69) is 29.1 Å². The maximum atomic E-state index is 13.1. The summed E-state index contributed by atoms with van der Waals surface area (Å²) in [5.74, 6) is 1.49. The number of benzene rings is 1. The number of thiazole rings is 1. The summed E-state index contributed by atoms with van der Waals surface area (Å²) in [5.41, 5.74) is 1.80. The number of likely N-dealkylation sites (tertiary alicyclic amines) is 1. The van der Waals surface area contributed by atoms with Crippen molar-refractivity contribution in [2.45, 2.75) is 26.2 Å². The van der Waals surface area contributed by atoms with Gasteiger partial charge in [0.05, 0.1) is 12.1 Å². The SMILES string of the molecule is COc1ccc(CCN(CC2CCN(C)CC2)C(=O)c2csc(C)n2)cc1. The number of aromatic nitrogens is 1. The predicted molar refractivity (Wildman–Crippen MR) is 110 cm³/mol. The molecule has 1 aromatic heterocycles. The van der Waals surface area contributed by atoms with E-state index in [1.807, 2.05) is 29.3 Å². The fourth-order valence-electron chi connectivity index (χ4n) is 3.51. The number of nitrogens with zero attached hydrogens (tertiary/aromatic N) is 3. The maximum absolute atomic E-state index is 13.1. The monoisotopic (exact) mass is 387 g/mol. The van der Waals surface area contributed by atoms with E-state index in [1.165, 1.54) is 16.9 Å². The Hall–Kier alpha value is -1.92. The van der Waals surface area contributed by atoms with Gasteiger partial charge in [0.2, 0.25) is 0 Å². The summed E-state index contributed by atoms with van der Waals surface area (Å²) in [7, 11) is 3.84. The summed E-state index contributed by atoms with van der Waals surface area (Å²) in [4.78, 5) is 21.8. The van der Waals surface area contributed by atoms with Gasteiger partial charge < -0.3 is 14.5 Å². The van der Waals surface area contributed by atoms with Crippen LogP contribution >= 0.6 is 11.3 Å². The van der Waals surface area contributed by atoms with Crippen LogP contribution < -0.4 is 4.74 Å². The van der Waals surface area contributed by atoms with Crippen LogP contribution in [-0.2, 0) is 6.42 Å². The number of hydrogen-bond donors (Lipinski definition) is 0. The van der Waals surface area contributed by atoms with Crippen molar-refractivity contribution >= 4 is 17.2 Å². The van der Waals surface area contributed by atoms with Crippen LogP contribution in [-0.4, -0.2) is 61.0 Å². The molecule has 5 nitrogen and oxygen atoms in total. The van der Waals surface area contributed by atoms with E-state index in [9.17, 15) is 4.79 Å². The van der Waals surface area contributed by atoms with Gasteiger partial charge in [-0.1, -0.05) is 12.1 Å². The van der Waals surface area contributed by atoms with Crippen molar-refractivity contribution in [3.05, 3.63) is 45.9 Å². The second kappa shape index (κ2) is 9.33. The fraction of sp³-hybridized carbons (Fsp3) is 0.524. The van der Waals surface area contributed by atoms with Gasteiger partial charge in [0.15, 0.2) is 0 Å². The molecule has 1 fully saturated rings. The second-order valence-electron chi connectivity index (χ2n) is 7.35.